The lowest BCUT2D eigenvalue weighted by Gasteiger charge is -2.15. The van der Waals surface area contributed by atoms with Crippen molar-refractivity contribution < 1.29 is 19.5 Å². The molecular weight excluding hydrogens is 296 g/mol. The van der Waals surface area contributed by atoms with Crippen LogP contribution in [0.25, 0.3) is 0 Å². The molecule has 0 fully saturated rings. The van der Waals surface area contributed by atoms with Crippen LogP contribution in [0.1, 0.15) is 27.5 Å². The highest BCUT2D eigenvalue weighted by Gasteiger charge is 2.24. The largest absolute Gasteiger partial charge is 0.479 e. The maximum Gasteiger partial charge on any atom is 0.330 e. The number of fused-ring (bicyclic) bond motifs is 1. The van der Waals surface area contributed by atoms with E-state index >= 15 is 0 Å². The van der Waals surface area contributed by atoms with Gasteiger partial charge in [-0.1, -0.05) is 30.3 Å². The van der Waals surface area contributed by atoms with Gasteiger partial charge >= 0.3 is 5.97 Å². The van der Waals surface area contributed by atoms with Gasteiger partial charge in [0.2, 0.25) is 5.91 Å². The molecule has 1 aliphatic rings. The van der Waals surface area contributed by atoms with E-state index in [9.17, 15) is 19.5 Å². The highest BCUT2D eigenvalue weighted by atomic mass is 16.4. The van der Waals surface area contributed by atoms with Gasteiger partial charge in [-0.3, -0.25) is 9.59 Å². The predicted molar refractivity (Wildman–Crippen MR) is 83.1 cm³/mol. The van der Waals surface area contributed by atoms with Crippen LogP contribution in [0, 0.1) is 0 Å². The van der Waals surface area contributed by atoms with Gasteiger partial charge in [-0.05, 0) is 29.3 Å². The summed E-state index contributed by atoms with van der Waals surface area (Å²) in [6.07, 6.45) is 0.220. The number of anilines is 1. The van der Waals surface area contributed by atoms with Gasteiger partial charge in [0.05, 0.1) is 6.42 Å². The molecule has 2 amide bonds. The summed E-state index contributed by atoms with van der Waals surface area (Å²) in [6, 6.07) is 12.2. The van der Waals surface area contributed by atoms with Crippen molar-refractivity contribution in [3.05, 3.63) is 65.2 Å². The SMILES string of the molecule is O=C1Cc2cc(C(=O)NC(C(=O)O)c3ccccc3)ccc2N1. The summed E-state index contributed by atoms with van der Waals surface area (Å²) in [4.78, 5) is 35.1. The Kier molecular flexibility index (Phi) is 3.80. The van der Waals surface area contributed by atoms with E-state index in [0.29, 0.717) is 16.8 Å². The first-order valence-corrected chi connectivity index (χ1v) is 7.06. The summed E-state index contributed by atoms with van der Waals surface area (Å²) in [5, 5.41) is 14.5. The molecular formula is C17H14N2O4. The topological polar surface area (TPSA) is 95.5 Å². The number of carbonyl (C=O) groups is 3. The van der Waals surface area contributed by atoms with Crippen molar-refractivity contribution >= 4 is 23.5 Å². The second kappa shape index (κ2) is 5.92. The molecule has 0 spiro atoms. The standard InChI is InChI=1S/C17H14N2O4/c20-14-9-12-8-11(6-7-13(12)18-14)16(21)19-15(17(22)23)10-4-2-1-3-5-10/h1-8,15H,9H2,(H,18,20)(H,19,21)(H,22,23). The maximum absolute atomic E-state index is 12.3. The van der Waals surface area contributed by atoms with Crippen LogP contribution in [-0.2, 0) is 16.0 Å². The Balaban J connectivity index is 1.82. The van der Waals surface area contributed by atoms with Gasteiger partial charge in [0.25, 0.3) is 5.91 Å². The Hall–Kier alpha value is -3.15. The van der Waals surface area contributed by atoms with Gasteiger partial charge in [-0.2, -0.15) is 0 Å². The van der Waals surface area contributed by atoms with Crippen LogP contribution < -0.4 is 10.6 Å². The number of aliphatic carboxylic acids is 1. The number of carboxylic acids is 1. The predicted octanol–water partition coefficient (Wildman–Crippen LogP) is 1.74. The van der Waals surface area contributed by atoms with Crippen LogP contribution in [0.5, 0.6) is 0 Å². The van der Waals surface area contributed by atoms with E-state index in [-0.39, 0.29) is 12.3 Å². The second-order valence-corrected chi connectivity index (χ2v) is 5.25. The summed E-state index contributed by atoms with van der Waals surface area (Å²) in [5.74, 6) is -1.75. The van der Waals surface area contributed by atoms with Gasteiger partial charge in [0, 0.05) is 11.3 Å². The third-order valence-corrected chi connectivity index (χ3v) is 3.65. The Morgan fingerprint density at radius 3 is 2.57 bits per heavy atom. The minimum Gasteiger partial charge on any atom is -0.479 e. The maximum atomic E-state index is 12.3. The third-order valence-electron chi connectivity index (χ3n) is 3.65. The minimum absolute atomic E-state index is 0.120. The highest BCUT2D eigenvalue weighted by Crippen LogP contribution is 2.24. The molecule has 3 rings (SSSR count). The van der Waals surface area contributed by atoms with Crippen molar-refractivity contribution in [3.8, 4) is 0 Å². The number of nitrogens with one attached hydrogen (secondary N) is 2. The van der Waals surface area contributed by atoms with Crippen molar-refractivity contribution in [1.29, 1.82) is 0 Å². The van der Waals surface area contributed by atoms with Gasteiger partial charge in [0.15, 0.2) is 6.04 Å². The zero-order valence-corrected chi connectivity index (χ0v) is 12.1. The van der Waals surface area contributed by atoms with Crippen molar-refractivity contribution in [2.45, 2.75) is 12.5 Å². The second-order valence-electron chi connectivity index (χ2n) is 5.25. The molecule has 1 heterocycles. The summed E-state index contributed by atoms with van der Waals surface area (Å²) in [5.41, 5.74) is 2.23. The molecule has 6 heteroatoms. The van der Waals surface area contributed by atoms with Crippen LogP contribution in [-0.4, -0.2) is 22.9 Å². The number of rotatable bonds is 4. The average molecular weight is 310 g/mol. The molecule has 1 unspecified atom stereocenters. The van der Waals surface area contributed by atoms with Gasteiger partial charge in [-0.25, -0.2) is 4.79 Å². The molecule has 1 atom stereocenters. The number of benzene rings is 2. The van der Waals surface area contributed by atoms with Crippen molar-refractivity contribution in [3.63, 3.8) is 0 Å². The molecule has 0 aliphatic carbocycles. The summed E-state index contributed by atoms with van der Waals surface area (Å²) in [7, 11) is 0. The van der Waals surface area contributed by atoms with E-state index < -0.39 is 17.9 Å². The Labute approximate surface area is 132 Å². The highest BCUT2D eigenvalue weighted by molar-refractivity contribution is 6.02. The fourth-order valence-corrected chi connectivity index (χ4v) is 2.52. The lowest BCUT2D eigenvalue weighted by molar-refractivity contribution is -0.139. The molecule has 2 aromatic carbocycles. The first kappa shape index (κ1) is 14.8. The third kappa shape index (κ3) is 3.06. The summed E-state index contributed by atoms with van der Waals surface area (Å²) in [6.45, 7) is 0. The molecule has 1 aliphatic heterocycles. The van der Waals surface area contributed by atoms with Crippen molar-refractivity contribution in [2.75, 3.05) is 5.32 Å². The van der Waals surface area contributed by atoms with Crippen molar-refractivity contribution in [2.24, 2.45) is 0 Å². The molecule has 23 heavy (non-hydrogen) atoms. The molecule has 0 saturated carbocycles. The molecule has 0 radical (unpaired) electrons. The number of hydrogen-bond donors (Lipinski definition) is 3. The van der Waals surface area contributed by atoms with Crippen LogP contribution in [0.3, 0.4) is 0 Å². The van der Waals surface area contributed by atoms with E-state index in [4.69, 9.17) is 0 Å². The first-order chi connectivity index (χ1) is 11.0. The van der Waals surface area contributed by atoms with Gasteiger partial charge < -0.3 is 15.7 Å². The lowest BCUT2D eigenvalue weighted by atomic mass is 10.0. The first-order valence-electron chi connectivity index (χ1n) is 7.06. The quantitative estimate of drug-likeness (QED) is 0.801. The smallest absolute Gasteiger partial charge is 0.330 e. The average Bonchev–Trinajstić information content (AvgIpc) is 2.92. The normalized spacial score (nSPS) is 13.8. The van der Waals surface area contributed by atoms with Crippen molar-refractivity contribution in [1.82, 2.24) is 5.32 Å². The van der Waals surface area contributed by atoms with Crippen LogP contribution in [0.2, 0.25) is 0 Å². The Morgan fingerprint density at radius 1 is 1.13 bits per heavy atom. The lowest BCUT2D eigenvalue weighted by Crippen LogP contribution is -2.33. The van der Waals surface area contributed by atoms with E-state index in [1.807, 2.05) is 0 Å². The number of carboxylic acid groups (broad SMARTS) is 1. The monoisotopic (exact) mass is 310 g/mol. The summed E-state index contributed by atoms with van der Waals surface area (Å²) >= 11 is 0. The Bertz CT molecular complexity index is 786. The molecule has 0 bridgehead atoms. The van der Waals surface area contributed by atoms with Gasteiger partial charge in [0.1, 0.15) is 0 Å². The molecule has 116 valence electrons. The van der Waals surface area contributed by atoms with E-state index in [1.165, 1.54) is 0 Å². The number of carbonyl (C=O) groups excluding carboxylic acids is 2. The number of amides is 2. The van der Waals surface area contributed by atoms with Crippen LogP contribution >= 0.6 is 0 Å². The van der Waals surface area contributed by atoms with Crippen LogP contribution in [0.15, 0.2) is 48.5 Å². The fraction of sp³-hybridized carbons (Fsp3) is 0.118. The Morgan fingerprint density at radius 2 is 1.87 bits per heavy atom. The van der Waals surface area contributed by atoms with E-state index in [2.05, 4.69) is 10.6 Å². The molecule has 3 N–H and O–H groups in total. The van der Waals surface area contributed by atoms with Gasteiger partial charge in [-0.15, -0.1) is 0 Å². The van der Waals surface area contributed by atoms with E-state index in [1.54, 1.807) is 48.5 Å². The zero-order chi connectivity index (χ0) is 16.4. The molecule has 2 aromatic rings. The molecule has 6 nitrogen and oxygen atoms in total. The zero-order valence-electron chi connectivity index (χ0n) is 12.1. The number of hydrogen-bond acceptors (Lipinski definition) is 3. The summed E-state index contributed by atoms with van der Waals surface area (Å²) < 4.78 is 0. The minimum atomic E-state index is -1.14. The molecule has 0 aromatic heterocycles. The van der Waals surface area contributed by atoms with Crippen LogP contribution in [0.4, 0.5) is 5.69 Å². The fourth-order valence-electron chi connectivity index (χ4n) is 2.52. The van der Waals surface area contributed by atoms with E-state index in [0.717, 1.165) is 5.56 Å². The molecule has 0 saturated heterocycles.